The Hall–Kier alpha value is -1.88. The largest absolute Gasteiger partial charge is 0.478 e. The van der Waals surface area contributed by atoms with Crippen LogP contribution in [-0.2, 0) is 16.1 Å². The van der Waals surface area contributed by atoms with E-state index in [1.807, 2.05) is 19.9 Å². The number of carboxylic acid groups (broad SMARTS) is 1. The van der Waals surface area contributed by atoms with Gasteiger partial charge in [0.2, 0.25) is 0 Å². The zero-order valence-corrected chi connectivity index (χ0v) is 12.4. The minimum absolute atomic E-state index is 0.0684. The second-order valence-electron chi connectivity index (χ2n) is 5.59. The summed E-state index contributed by atoms with van der Waals surface area (Å²) in [6.45, 7) is 5.34. The van der Waals surface area contributed by atoms with Crippen molar-refractivity contribution in [2.24, 2.45) is 0 Å². The maximum Gasteiger partial charge on any atom is 0.328 e. The molecule has 5 nitrogen and oxygen atoms in total. The highest BCUT2D eigenvalue weighted by Gasteiger charge is 2.19. The van der Waals surface area contributed by atoms with Gasteiger partial charge < -0.3 is 14.4 Å². The van der Waals surface area contributed by atoms with Gasteiger partial charge in [-0.05, 0) is 37.0 Å². The van der Waals surface area contributed by atoms with Gasteiger partial charge in [0.05, 0.1) is 12.6 Å². The molecule has 1 aliphatic rings. The van der Waals surface area contributed by atoms with Crippen molar-refractivity contribution in [1.29, 1.82) is 0 Å². The second-order valence-corrected chi connectivity index (χ2v) is 5.59. The molecule has 0 aromatic carbocycles. The van der Waals surface area contributed by atoms with Crippen molar-refractivity contribution in [1.82, 2.24) is 4.57 Å². The molecule has 5 heteroatoms. The predicted molar refractivity (Wildman–Crippen MR) is 80.4 cm³/mol. The molecule has 1 N–H and O–H groups in total. The van der Waals surface area contributed by atoms with E-state index in [0.717, 1.165) is 31.2 Å². The third-order valence-corrected chi connectivity index (χ3v) is 3.64. The third-order valence-electron chi connectivity index (χ3n) is 3.64. The maximum atomic E-state index is 12.6. The molecule has 2 rings (SSSR count). The van der Waals surface area contributed by atoms with Crippen molar-refractivity contribution in [2.45, 2.75) is 45.3 Å². The summed E-state index contributed by atoms with van der Waals surface area (Å²) in [4.78, 5) is 23.2. The van der Waals surface area contributed by atoms with Crippen LogP contribution in [0.4, 0.5) is 0 Å². The van der Waals surface area contributed by atoms with Crippen LogP contribution in [0.5, 0.6) is 0 Å². The SMILES string of the molecule is CC(C)c1ccc(/C=C/C(=O)O)c(=O)n1CC1CCCO1. The Kier molecular flexibility index (Phi) is 4.96. The van der Waals surface area contributed by atoms with Crippen molar-refractivity contribution < 1.29 is 14.6 Å². The lowest BCUT2D eigenvalue weighted by Crippen LogP contribution is -2.30. The van der Waals surface area contributed by atoms with Gasteiger partial charge in [0.15, 0.2) is 0 Å². The molecule has 114 valence electrons. The highest BCUT2D eigenvalue weighted by atomic mass is 16.5. The van der Waals surface area contributed by atoms with Crippen molar-refractivity contribution in [3.8, 4) is 0 Å². The zero-order chi connectivity index (χ0) is 15.4. The number of pyridine rings is 1. The first-order valence-electron chi connectivity index (χ1n) is 7.25. The number of nitrogens with zero attached hydrogens (tertiary/aromatic N) is 1. The van der Waals surface area contributed by atoms with Gasteiger partial charge in [-0.25, -0.2) is 4.79 Å². The Balaban J connectivity index is 2.39. The van der Waals surface area contributed by atoms with Gasteiger partial charge in [-0.15, -0.1) is 0 Å². The number of hydrogen-bond acceptors (Lipinski definition) is 3. The molecule has 0 amide bonds. The summed E-state index contributed by atoms with van der Waals surface area (Å²) in [5.41, 5.74) is 1.18. The molecule has 0 saturated carbocycles. The summed E-state index contributed by atoms with van der Waals surface area (Å²) in [6, 6.07) is 3.58. The van der Waals surface area contributed by atoms with Crippen LogP contribution in [0.15, 0.2) is 23.0 Å². The first-order valence-corrected chi connectivity index (χ1v) is 7.25. The summed E-state index contributed by atoms with van der Waals surface area (Å²) in [7, 11) is 0. The summed E-state index contributed by atoms with van der Waals surface area (Å²) in [5, 5.41) is 8.69. The van der Waals surface area contributed by atoms with Crippen molar-refractivity contribution in [2.75, 3.05) is 6.61 Å². The van der Waals surface area contributed by atoms with Crippen LogP contribution in [0.1, 0.15) is 43.9 Å². The molecular formula is C16H21NO4. The fraction of sp³-hybridized carbons (Fsp3) is 0.500. The number of hydrogen-bond donors (Lipinski definition) is 1. The lowest BCUT2D eigenvalue weighted by molar-refractivity contribution is -0.131. The van der Waals surface area contributed by atoms with Crippen LogP contribution in [0.25, 0.3) is 6.08 Å². The molecule has 0 spiro atoms. The number of aromatic nitrogens is 1. The van der Waals surface area contributed by atoms with E-state index >= 15 is 0 Å². The highest BCUT2D eigenvalue weighted by molar-refractivity contribution is 5.85. The van der Waals surface area contributed by atoms with E-state index in [4.69, 9.17) is 9.84 Å². The summed E-state index contributed by atoms with van der Waals surface area (Å²) in [5.74, 6) is -0.843. The van der Waals surface area contributed by atoms with Gasteiger partial charge in [-0.3, -0.25) is 4.79 Å². The Morgan fingerprint density at radius 1 is 1.52 bits per heavy atom. The van der Waals surface area contributed by atoms with Crippen LogP contribution in [0.2, 0.25) is 0 Å². The van der Waals surface area contributed by atoms with E-state index in [0.29, 0.717) is 12.1 Å². The lowest BCUT2D eigenvalue weighted by Gasteiger charge is -2.19. The second kappa shape index (κ2) is 6.72. The molecule has 21 heavy (non-hydrogen) atoms. The van der Waals surface area contributed by atoms with E-state index < -0.39 is 5.97 Å². The number of carbonyl (C=O) groups is 1. The fourth-order valence-corrected chi connectivity index (χ4v) is 2.58. The van der Waals surface area contributed by atoms with Gasteiger partial charge in [0.25, 0.3) is 5.56 Å². The smallest absolute Gasteiger partial charge is 0.328 e. The van der Waals surface area contributed by atoms with Gasteiger partial charge in [-0.1, -0.05) is 13.8 Å². The molecule has 0 aliphatic carbocycles. The van der Waals surface area contributed by atoms with Gasteiger partial charge in [-0.2, -0.15) is 0 Å². The number of ether oxygens (including phenoxy) is 1. The van der Waals surface area contributed by atoms with Crippen LogP contribution in [-0.4, -0.2) is 28.4 Å². The molecule has 0 radical (unpaired) electrons. The van der Waals surface area contributed by atoms with Gasteiger partial charge >= 0.3 is 5.97 Å². The highest BCUT2D eigenvalue weighted by Crippen LogP contribution is 2.18. The molecule has 1 unspecified atom stereocenters. The van der Waals surface area contributed by atoms with E-state index in [-0.39, 0.29) is 17.6 Å². The predicted octanol–water partition coefficient (Wildman–Crippen LogP) is 2.25. The lowest BCUT2D eigenvalue weighted by atomic mass is 10.1. The van der Waals surface area contributed by atoms with E-state index in [9.17, 15) is 9.59 Å². The minimum Gasteiger partial charge on any atom is -0.478 e. The number of aliphatic carboxylic acids is 1. The van der Waals surface area contributed by atoms with Gasteiger partial charge in [0, 0.05) is 23.9 Å². The summed E-state index contributed by atoms with van der Waals surface area (Å²) >= 11 is 0. The van der Waals surface area contributed by atoms with Crippen LogP contribution >= 0.6 is 0 Å². The molecular weight excluding hydrogens is 270 g/mol. The van der Waals surface area contributed by atoms with Crippen molar-refractivity contribution in [3.05, 3.63) is 39.8 Å². The topological polar surface area (TPSA) is 68.5 Å². The van der Waals surface area contributed by atoms with E-state index in [1.54, 1.807) is 10.6 Å². The average molecular weight is 291 g/mol. The molecule has 1 aliphatic heterocycles. The van der Waals surface area contributed by atoms with E-state index in [2.05, 4.69) is 0 Å². The Bertz CT molecular complexity index is 595. The molecule has 0 bridgehead atoms. The Morgan fingerprint density at radius 3 is 2.86 bits per heavy atom. The Morgan fingerprint density at radius 2 is 2.29 bits per heavy atom. The fourth-order valence-electron chi connectivity index (χ4n) is 2.58. The monoisotopic (exact) mass is 291 g/mol. The number of carboxylic acids is 1. The summed E-state index contributed by atoms with van der Waals surface area (Å²) in [6.07, 6.45) is 4.39. The quantitative estimate of drug-likeness (QED) is 0.845. The third kappa shape index (κ3) is 3.82. The molecule has 2 heterocycles. The van der Waals surface area contributed by atoms with E-state index in [1.165, 1.54) is 6.08 Å². The van der Waals surface area contributed by atoms with Crippen LogP contribution in [0.3, 0.4) is 0 Å². The van der Waals surface area contributed by atoms with Crippen LogP contribution < -0.4 is 5.56 Å². The molecule has 1 atom stereocenters. The summed E-state index contributed by atoms with van der Waals surface area (Å²) < 4.78 is 7.34. The molecule has 1 fully saturated rings. The zero-order valence-electron chi connectivity index (χ0n) is 12.4. The molecule has 1 saturated heterocycles. The molecule has 1 aromatic heterocycles. The minimum atomic E-state index is -1.06. The van der Waals surface area contributed by atoms with Crippen molar-refractivity contribution in [3.63, 3.8) is 0 Å². The number of rotatable bonds is 5. The first kappa shape index (κ1) is 15.5. The van der Waals surface area contributed by atoms with Crippen molar-refractivity contribution >= 4 is 12.0 Å². The first-order chi connectivity index (χ1) is 9.99. The standard InChI is InChI=1S/C16H21NO4/c1-11(2)14-7-5-12(6-8-15(18)19)16(20)17(14)10-13-4-3-9-21-13/h5-8,11,13H,3-4,9-10H2,1-2H3,(H,18,19)/b8-6+. The average Bonchev–Trinajstić information content (AvgIpc) is 2.92. The normalized spacial score (nSPS) is 18.7. The Labute approximate surface area is 123 Å². The maximum absolute atomic E-state index is 12.6. The molecule has 1 aromatic rings. The van der Waals surface area contributed by atoms with Gasteiger partial charge in [0.1, 0.15) is 0 Å². The van der Waals surface area contributed by atoms with Crippen LogP contribution in [0, 0.1) is 0 Å².